The average Bonchev–Trinajstić information content (AvgIpc) is 2.55. The summed E-state index contributed by atoms with van der Waals surface area (Å²) in [6.45, 7) is 2.92. The summed E-state index contributed by atoms with van der Waals surface area (Å²) >= 11 is 0. The minimum absolute atomic E-state index is 0.181. The normalized spacial score (nSPS) is 23.9. The van der Waals surface area contributed by atoms with Crippen molar-refractivity contribution in [3.63, 3.8) is 0 Å². The van der Waals surface area contributed by atoms with E-state index in [1.165, 1.54) is 10.4 Å². The van der Waals surface area contributed by atoms with Crippen LogP contribution in [0.15, 0.2) is 23.1 Å². The minimum Gasteiger partial charge on any atom is -0.352 e. The highest BCUT2D eigenvalue weighted by Crippen LogP contribution is 2.28. The summed E-state index contributed by atoms with van der Waals surface area (Å²) in [5.41, 5.74) is 7.36. The van der Waals surface area contributed by atoms with Gasteiger partial charge in [-0.2, -0.15) is 4.31 Å². The summed E-state index contributed by atoms with van der Waals surface area (Å²) in [5, 5.41) is 2.76. The fourth-order valence-electron chi connectivity index (χ4n) is 3.44. The third-order valence-corrected chi connectivity index (χ3v) is 6.64. The first-order valence-corrected chi connectivity index (χ1v) is 9.54. The Balaban J connectivity index is 1.99. The number of amides is 1. The van der Waals surface area contributed by atoms with Gasteiger partial charge in [0.2, 0.25) is 10.0 Å². The second-order valence-corrected chi connectivity index (χ2v) is 8.25. The van der Waals surface area contributed by atoms with Gasteiger partial charge in [-0.1, -0.05) is 12.5 Å². The van der Waals surface area contributed by atoms with Crippen molar-refractivity contribution in [3.05, 3.63) is 29.3 Å². The van der Waals surface area contributed by atoms with Gasteiger partial charge in [-0.3, -0.25) is 4.79 Å². The summed E-state index contributed by atoms with van der Waals surface area (Å²) < 4.78 is 27.6. The molecule has 2 aliphatic heterocycles. The van der Waals surface area contributed by atoms with Crippen LogP contribution in [0.1, 0.15) is 42.1 Å². The number of sulfonamides is 1. The fraction of sp³-hybridized carbons (Fsp3) is 0.562. The van der Waals surface area contributed by atoms with Gasteiger partial charge in [0.05, 0.1) is 4.90 Å². The zero-order valence-corrected chi connectivity index (χ0v) is 14.1. The molecule has 0 unspecified atom stereocenters. The molecule has 6 nitrogen and oxygen atoms in total. The third kappa shape index (κ3) is 3.00. The molecule has 2 atom stereocenters. The molecule has 2 aliphatic rings. The van der Waals surface area contributed by atoms with Crippen molar-refractivity contribution in [2.24, 2.45) is 5.73 Å². The highest BCUT2D eigenvalue weighted by atomic mass is 32.2. The van der Waals surface area contributed by atoms with Gasteiger partial charge in [-0.25, -0.2) is 8.42 Å². The van der Waals surface area contributed by atoms with Gasteiger partial charge in [0.25, 0.3) is 5.91 Å². The van der Waals surface area contributed by atoms with Gasteiger partial charge >= 0.3 is 0 Å². The average molecular weight is 337 g/mol. The molecule has 1 aromatic carbocycles. The molecule has 0 saturated carbocycles. The number of piperidine rings is 1. The van der Waals surface area contributed by atoms with Crippen LogP contribution in [0.2, 0.25) is 0 Å². The summed E-state index contributed by atoms with van der Waals surface area (Å²) in [6.07, 6.45) is 3.34. The van der Waals surface area contributed by atoms with Crippen LogP contribution in [0.4, 0.5) is 0 Å². The Labute approximate surface area is 137 Å². The molecule has 126 valence electrons. The van der Waals surface area contributed by atoms with Crippen molar-refractivity contribution in [3.8, 4) is 0 Å². The maximum absolute atomic E-state index is 13.0. The van der Waals surface area contributed by atoms with E-state index in [0.29, 0.717) is 18.7 Å². The second-order valence-electron chi connectivity index (χ2n) is 6.36. The van der Waals surface area contributed by atoms with Gasteiger partial charge < -0.3 is 11.1 Å². The smallest absolute Gasteiger partial charge is 0.251 e. The zero-order chi connectivity index (χ0) is 16.6. The van der Waals surface area contributed by atoms with E-state index in [0.717, 1.165) is 31.2 Å². The molecule has 23 heavy (non-hydrogen) atoms. The number of rotatable bonds is 3. The minimum atomic E-state index is -3.64. The Kier molecular flexibility index (Phi) is 4.44. The van der Waals surface area contributed by atoms with Crippen LogP contribution < -0.4 is 11.1 Å². The van der Waals surface area contributed by atoms with Crippen molar-refractivity contribution >= 4 is 15.9 Å². The van der Waals surface area contributed by atoms with Crippen LogP contribution in [0.5, 0.6) is 0 Å². The van der Waals surface area contributed by atoms with E-state index in [1.54, 1.807) is 12.1 Å². The highest BCUT2D eigenvalue weighted by molar-refractivity contribution is 7.89. The number of nitrogens with one attached hydrogen (secondary N) is 1. The fourth-order valence-corrected chi connectivity index (χ4v) is 5.24. The van der Waals surface area contributed by atoms with Gasteiger partial charge in [0, 0.05) is 30.7 Å². The molecule has 3 N–H and O–H groups in total. The number of benzene rings is 1. The van der Waals surface area contributed by atoms with E-state index >= 15 is 0 Å². The lowest BCUT2D eigenvalue weighted by atomic mass is 10.00. The number of carbonyl (C=O) groups excluding carboxylic acids is 1. The lowest BCUT2D eigenvalue weighted by Crippen LogP contribution is -2.51. The molecule has 1 fully saturated rings. The molecular formula is C16H23N3O3S. The molecule has 1 aromatic rings. The van der Waals surface area contributed by atoms with Crippen molar-refractivity contribution in [2.45, 2.75) is 49.6 Å². The van der Waals surface area contributed by atoms with Crippen LogP contribution in [-0.2, 0) is 16.4 Å². The number of hydrogen-bond donors (Lipinski definition) is 2. The first-order valence-electron chi connectivity index (χ1n) is 8.10. The van der Waals surface area contributed by atoms with E-state index in [1.807, 2.05) is 6.92 Å². The van der Waals surface area contributed by atoms with E-state index in [4.69, 9.17) is 5.73 Å². The molecule has 3 rings (SSSR count). The SMILES string of the molecule is C[C@@H](N)[C@H]1CCCCN1S(=O)(=O)c1ccc2c(c1)C(=O)NCC2. The van der Waals surface area contributed by atoms with Crippen molar-refractivity contribution in [1.82, 2.24) is 9.62 Å². The monoisotopic (exact) mass is 337 g/mol. The number of hydrogen-bond acceptors (Lipinski definition) is 4. The molecule has 0 radical (unpaired) electrons. The Morgan fingerprint density at radius 3 is 2.87 bits per heavy atom. The summed E-state index contributed by atoms with van der Waals surface area (Å²) in [6, 6.07) is 4.47. The molecule has 1 saturated heterocycles. The quantitative estimate of drug-likeness (QED) is 0.856. The lowest BCUT2D eigenvalue weighted by molar-refractivity contribution is 0.0945. The highest BCUT2D eigenvalue weighted by Gasteiger charge is 2.35. The van der Waals surface area contributed by atoms with Crippen LogP contribution >= 0.6 is 0 Å². The van der Waals surface area contributed by atoms with Crippen molar-refractivity contribution in [1.29, 1.82) is 0 Å². The standard InChI is InChI=1S/C16H23N3O3S/c1-11(17)15-4-2-3-9-19(15)23(21,22)13-6-5-12-7-8-18-16(20)14(12)10-13/h5-6,10-11,15H,2-4,7-9,17H2,1H3,(H,18,20)/t11-,15-/m1/s1. The van der Waals surface area contributed by atoms with Crippen molar-refractivity contribution in [2.75, 3.05) is 13.1 Å². The largest absolute Gasteiger partial charge is 0.352 e. The van der Waals surface area contributed by atoms with E-state index in [9.17, 15) is 13.2 Å². The van der Waals surface area contributed by atoms with Crippen LogP contribution in [0.25, 0.3) is 0 Å². The predicted molar refractivity (Wildman–Crippen MR) is 87.7 cm³/mol. The van der Waals surface area contributed by atoms with Crippen LogP contribution in [0.3, 0.4) is 0 Å². The van der Waals surface area contributed by atoms with Gasteiger partial charge in [0.15, 0.2) is 0 Å². The second kappa shape index (κ2) is 6.22. The Morgan fingerprint density at radius 2 is 2.13 bits per heavy atom. The summed E-state index contributed by atoms with van der Waals surface area (Å²) in [4.78, 5) is 12.2. The molecule has 0 aromatic heterocycles. The van der Waals surface area contributed by atoms with Crippen LogP contribution in [0, 0.1) is 0 Å². The number of fused-ring (bicyclic) bond motifs is 1. The maximum Gasteiger partial charge on any atom is 0.251 e. The number of carbonyl (C=O) groups is 1. The van der Waals surface area contributed by atoms with Crippen molar-refractivity contribution < 1.29 is 13.2 Å². The van der Waals surface area contributed by atoms with Crippen LogP contribution in [-0.4, -0.2) is 43.8 Å². The molecule has 2 heterocycles. The summed E-state index contributed by atoms with van der Waals surface area (Å²) in [5.74, 6) is -0.203. The predicted octanol–water partition coefficient (Wildman–Crippen LogP) is 0.863. The zero-order valence-electron chi connectivity index (χ0n) is 13.3. The molecule has 0 aliphatic carbocycles. The summed E-state index contributed by atoms with van der Waals surface area (Å²) in [7, 11) is -3.64. The van der Waals surface area contributed by atoms with E-state index < -0.39 is 10.0 Å². The number of nitrogens with zero attached hydrogens (tertiary/aromatic N) is 1. The first kappa shape index (κ1) is 16.4. The van der Waals surface area contributed by atoms with E-state index in [-0.39, 0.29) is 22.9 Å². The molecule has 7 heteroatoms. The first-order chi connectivity index (χ1) is 10.9. The van der Waals surface area contributed by atoms with Gasteiger partial charge in [-0.05, 0) is 43.9 Å². The Hall–Kier alpha value is -1.44. The maximum atomic E-state index is 13.0. The third-order valence-electron chi connectivity index (χ3n) is 4.72. The number of nitrogens with two attached hydrogens (primary N) is 1. The Bertz CT molecular complexity index is 715. The molecule has 0 spiro atoms. The van der Waals surface area contributed by atoms with Gasteiger partial charge in [0.1, 0.15) is 0 Å². The topological polar surface area (TPSA) is 92.5 Å². The molecular weight excluding hydrogens is 314 g/mol. The Morgan fingerprint density at radius 1 is 1.35 bits per heavy atom. The molecule has 0 bridgehead atoms. The van der Waals surface area contributed by atoms with E-state index in [2.05, 4.69) is 5.32 Å². The lowest BCUT2D eigenvalue weighted by Gasteiger charge is -2.37. The molecule has 1 amide bonds. The van der Waals surface area contributed by atoms with Gasteiger partial charge in [-0.15, -0.1) is 0 Å².